The van der Waals surface area contributed by atoms with Crippen LogP contribution in [0.25, 0.3) is 0 Å². The van der Waals surface area contributed by atoms with Crippen LogP contribution >= 0.6 is 11.3 Å². The van der Waals surface area contributed by atoms with Crippen LogP contribution in [0.15, 0.2) is 66.0 Å². The van der Waals surface area contributed by atoms with Crippen molar-refractivity contribution in [2.45, 2.75) is 12.0 Å². The zero-order valence-corrected chi connectivity index (χ0v) is 17.4. The lowest BCUT2D eigenvalue weighted by molar-refractivity contribution is -0.122. The lowest BCUT2D eigenvalue weighted by atomic mass is 9.87. The Kier molecular flexibility index (Phi) is 5.53. The number of thiophene rings is 1. The average Bonchev–Trinajstić information content (AvgIpc) is 3.33. The van der Waals surface area contributed by atoms with Crippen LogP contribution in [0.4, 0.5) is 0 Å². The molecule has 0 radical (unpaired) electrons. The molecule has 1 amide bonds. The Balaban J connectivity index is 1.40. The van der Waals surface area contributed by atoms with Gasteiger partial charge in [0.1, 0.15) is 11.5 Å². The second-order valence-corrected chi connectivity index (χ2v) is 8.51. The first-order valence-electron chi connectivity index (χ1n) is 10.3. The zero-order valence-electron chi connectivity index (χ0n) is 16.6. The van der Waals surface area contributed by atoms with Crippen LogP contribution in [0.5, 0.6) is 11.5 Å². The number of benzene rings is 2. The molecule has 0 bridgehead atoms. The van der Waals surface area contributed by atoms with E-state index in [9.17, 15) is 4.79 Å². The predicted molar refractivity (Wildman–Crippen MR) is 117 cm³/mol. The Hall–Kier alpha value is -2.67. The molecule has 3 aromatic rings. The predicted octanol–water partition coefficient (Wildman–Crippen LogP) is 4.18. The van der Waals surface area contributed by atoms with Gasteiger partial charge in [0.2, 0.25) is 5.91 Å². The van der Waals surface area contributed by atoms with E-state index in [0.29, 0.717) is 6.54 Å². The minimum Gasteiger partial charge on any atom is -0.457 e. The van der Waals surface area contributed by atoms with Crippen molar-refractivity contribution in [1.82, 2.24) is 10.2 Å². The van der Waals surface area contributed by atoms with Gasteiger partial charge in [0, 0.05) is 35.6 Å². The lowest BCUT2D eigenvalue weighted by Gasteiger charge is -2.34. The average molecular weight is 421 g/mol. The number of carbonyl (C=O) groups excluding carboxylic acids is 1. The second-order valence-electron chi connectivity index (χ2n) is 7.54. The van der Waals surface area contributed by atoms with Crippen LogP contribution in [-0.2, 0) is 9.53 Å². The highest BCUT2D eigenvalue weighted by Crippen LogP contribution is 2.44. The summed E-state index contributed by atoms with van der Waals surface area (Å²) < 4.78 is 11.6. The molecule has 5 nitrogen and oxygen atoms in total. The number of rotatable bonds is 5. The highest BCUT2D eigenvalue weighted by Gasteiger charge is 2.33. The highest BCUT2D eigenvalue weighted by atomic mass is 32.1. The molecule has 5 rings (SSSR count). The molecule has 1 fully saturated rings. The molecule has 1 saturated heterocycles. The molecule has 6 heteroatoms. The summed E-state index contributed by atoms with van der Waals surface area (Å²) in [6.45, 7) is 3.79. The number of carbonyl (C=O) groups is 1. The van der Waals surface area contributed by atoms with Gasteiger partial charge < -0.3 is 14.8 Å². The maximum absolute atomic E-state index is 13.5. The van der Waals surface area contributed by atoms with Crippen molar-refractivity contribution < 1.29 is 14.3 Å². The van der Waals surface area contributed by atoms with Crippen molar-refractivity contribution >= 4 is 17.2 Å². The molecule has 1 aromatic heterocycles. The van der Waals surface area contributed by atoms with Crippen LogP contribution in [0, 0.1) is 0 Å². The molecule has 3 heterocycles. The Bertz CT molecular complexity index is 969. The third-order valence-electron chi connectivity index (χ3n) is 5.77. The van der Waals surface area contributed by atoms with Crippen molar-refractivity contribution in [3.63, 3.8) is 0 Å². The Labute approximate surface area is 180 Å². The molecule has 0 saturated carbocycles. The Morgan fingerprint density at radius 2 is 1.67 bits per heavy atom. The number of hydrogen-bond donors (Lipinski definition) is 1. The third kappa shape index (κ3) is 3.74. The molecule has 154 valence electrons. The van der Waals surface area contributed by atoms with Gasteiger partial charge in [-0.1, -0.05) is 42.5 Å². The number of amides is 1. The summed E-state index contributed by atoms with van der Waals surface area (Å²) in [7, 11) is 0. The normalized spacial score (nSPS) is 17.5. The van der Waals surface area contributed by atoms with Crippen LogP contribution in [0.2, 0.25) is 0 Å². The minimum atomic E-state index is -0.375. The van der Waals surface area contributed by atoms with Gasteiger partial charge >= 0.3 is 0 Å². The molecule has 1 N–H and O–H groups in total. The number of nitrogens with zero attached hydrogens (tertiary/aromatic N) is 1. The SMILES string of the molecule is O=C(NCC(c1cccs1)N1CCOCC1)C1c2ccccc2Oc2ccccc21. The van der Waals surface area contributed by atoms with E-state index in [0.717, 1.165) is 48.9 Å². The van der Waals surface area contributed by atoms with Crippen molar-refractivity contribution in [2.24, 2.45) is 0 Å². The van der Waals surface area contributed by atoms with Gasteiger partial charge in [-0.2, -0.15) is 0 Å². The van der Waals surface area contributed by atoms with Gasteiger partial charge in [0.25, 0.3) is 0 Å². The quantitative estimate of drug-likeness (QED) is 0.673. The minimum absolute atomic E-state index is 0.00742. The van der Waals surface area contributed by atoms with E-state index in [1.165, 1.54) is 4.88 Å². The molecule has 0 aliphatic carbocycles. The summed E-state index contributed by atoms with van der Waals surface area (Å²) in [6, 6.07) is 20.0. The monoisotopic (exact) mass is 420 g/mol. The van der Waals surface area contributed by atoms with Gasteiger partial charge in [-0.05, 0) is 23.6 Å². The van der Waals surface area contributed by atoms with Crippen molar-refractivity contribution in [3.05, 3.63) is 82.0 Å². The highest BCUT2D eigenvalue weighted by molar-refractivity contribution is 7.10. The third-order valence-corrected chi connectivity index (χ3v) is 6.74. The lowest BCUT2D eigenvalue weighted by Crippen LogP contribution is -2.44. The van der Waals surface area contributed by atoms with Gasteiger partial charge in [-0.3, -0.25) is 9.69 Å². The fraction of sp³-hybridized carbons (Fsp3) is 0.292. The van der Waals surface area contributed by atoms with E-state index < -0.39 is 0 Å². The number of nitrogens with one attached hydrogen (secondary N) is 1. The molecule has 1 atom stereocenters. The summed E-state index contributed by atoms with van der Waals surface area (Å²) in [5.41, 5.74) is 1.82. The maximum atomic E-state index is 13.5. The summed E-state index contributed by atoms with van der Waals surface area (Å²) in [4.78, 5) is 17.1. The standard InChI is InChI=1S/C24H24N2O3S/c27-24(25-16-19(22-10-5-15-30-22)26-11-13-28-14-12-26)23-17-6-1-3-8-20(17)29-21-9-4-2-7-18(21)23/h1-10,15,19,23H,11-14,16H2,(H,25,27). The largest absolute Gasteiger partial charge is 0.457 e. The number of ether oxygens (including phenoxy) is 2. The molecular formula is C24H24N2O3S. The summed E-state index contributed by atoms with van der Waals surface area (Å²) >= 11 is 1.74. The van der Waals surface area contributed by atoms with E-state index in [1.807, 2.05) is 48.5 Å². The van der Waals surface area contributed by atoms with Gasteiger partial charge in [0.05, 0.1) is 25.2 Å². The van der Waals surface area contributed by atoms with Crippen LogP contribution < -0.4 is 10.1 Å². The first-order valence-corrected chi connectivity index (χ1v) is 11.2. The number of para-hydroxylation sites is 2. The summed E-state index contributed by atoms with van der Waals surface area (Å²) in [5, 5.41) is 5.34. The second kappa shape index (κ2) is 8.60. The van der Waals surface area contributed by atoms with Gasteiger partial charge in [-0.15, -0.1) is 11.3 Å². The van der Waals surface area contributed by atoms with Crippen molar-refractivity contribution in [1.29, 1.82) is 0 Å². The molecule has 2 aliphatic rings. The van der Waals surface area contributed by atoms with Crippen molar-refractivity contribution in [3.8, 4) is 11.5 Å². The first kappa shape index (κ1) is 19.3. The molecule has 2 aromatic carbocycles. The van der Waals surface area contributed by atoms with Crippen molar-refractivity contribution in [2.75, 3.05) is 32.8 Å². The van der Waals surface area contributed by atoms with Crippen LogP contribution in [-0.4, -0.2) is 43.7 Å². The summed E-state index contributed by atoms with van der Waals surface area (Å²) in [6.07, 6.45) is 0. The fourth-order valence-corrected chi connectivity index (χ4v) is 5.13. The Morgan fingerprint density at radius 1 is 1.00 bits per heavy atom. The molecule has 0 spiro atoms. The first-order chi connectivity index (χ1) is 14.8. The maximum Gasteiger partial charge on any atom is 0.232 e. The van der Waals surface area contributed by atoms with Crippen LogP contribution in [0.3, 0.4) is 0 Å². The molecule has 2 aliphatic heterocycles. The van der Waals surface area contributed by atoms with Gasteiger partial charge in [0.15, 0.2) is 0 Å². The van der Waals surface area contributed by atoms with E-state index >= 15 is 0 Å². The van der Waals surface area contributed by atoms with Gasteiger partial charge in [-0.25, -0.2) is 0 Å². The summed E-state index contributed by atoms with van der Waals surface area (Å²) in [5.74, 6) is 1.13. The molecule has 1 unspecified atom stereocenters. The topological polar surface area (TPSA) is 50.8 Å². The smallest absolute Gasteiger partial charge is 0.232 e. The molecule has 30 heavy (non-hydrogen) atoms. The van der Waals surface area contributed by atoms with E-state index in [1.54, 1.807) is 11.3 Å². The Morgan fingerprint density at radius 3 is 2.30 bits per heavy atom. The van der Waals surface area contributed by atoms with E-state index in [2.05, 4.69) is 27.7 Å². The zero-order chi connectivity index (χ0) is 20.3. The molecular weight excluding hydrogens is 396 g/mol. The van der Waals surface area contributed by atoms with E-state index in [4.69, 9.17) is 9.47 Å². The van der Waals surface area contributed by atoms with E-state index in [-0.39, 0.29) is 17.9 Å². The number of fused-ring (bicyclic) bond motifs is 2. The van der Waals surface area contributed by atoms with Crippen LogP contribution in [0.1, 0.15) is 28.0 Å². The number of hydrogen-bond acceptors (Lipinski definition) is 5. The number of morpholine rings is 1. The fourth-order valence-electron chi connectivity index (χ4n) is 4.27.